The molecule has 3 rings (SSSR count). The minimum atomic E-state index is -0.291. The molecule has 0 aliphatic heterocycles. The molecule has 0 aliphatic carbocycles. The second kappa shape index (κ2) is 11.4. The van der Waals surface area contributed by atoms with Gasteiger partial charge in [-0.3, -0.25) is 4.79 Å². The fourth-order valence-electron chi connectivity index (χ4n) is 4.16. The van der Waals surface area contributed by atoms with Crippen molar-refractivity contribution in [1.82, 2.24) is 14.9 Å². The van der Waals surface area contributed by atoms with Gasteiger partial charge in [-0.05, 0) is 50.5 Å². The van der Waals surface area contributed by atoms with Crippen LogP contribution in [0.3, 0.4) is 0 Å². The third-order valence-corrected chi connectivity index (χ3v) is 5.82. The molecule has 36 heavy (non-hydrogen) atoms. The lowest BCUT2D eigenvalue weighted by Gasteiger charge is -2.19. The van der Waals surface area contributed by atoms with Crippen molar-refractivity contribution in [2.45, 2.75) is 65.0 Å². The van der Waals surface area contributed by atoms with Gasteiger partial charge in [0.15, 0.2) is 0 Å². The van der Waals surface area contributed by atoms with Crippen molar-refractivity contribution in [3.8, 4) is 23.1 Å². The average molecular weight is 489 g/mol. The predicted octanol–water partition coefficient (Wildman–Crippen LogP) is 4.77. The third kappa shape index (κ3) is 6.73. The molecule has 190 valence electrons. The van der Waals surface area contributed by atoms with Crippen molar-refractivity contribution < 1.29 is 14.6 Å². The van der Waals surface area contributed by atoms with Gasteiger partial charge in [0.05, 0.1) is 17.4 Å². The zero-order valence-electron chi connectivity index (χ0n) is 22.0. The fraction of sp³-hybridized carbons (Fsp3) is 0.414. The number of aliphatic hydroxyl groups is 1. The summed E-state index contributed by atoms with van der Waals surface area (Å²) in [5.74, 6) is 1.19. The molecule has 2 aromatic carbocycles. The van der Waals surface area contributed by atoms with Crippen LogP contribution in [0.4, 0.5) is 0 Å². The Balaban J connectivity index is 1.72. The maximum atomic E-state index is 12.9. The molecule has 1 amide bonds. The highest BCUT2D eigenvalue weighted by molar-refractivity contribution is 5.95. The number of amides is 1. The number of aryl methyl sites for hydroxylation is 1. The normalized spacial score (nSPS) is 12.3. The second-order valence-corrected chi connectivity index (χ2v) is 10.4. The van der Waals surface area contributed by atoms with E-state index in [9.17, 15) is 15.2 Å². The fourth-order valence-corrected chi connectivity index (χ4v) is 4.16. The number of nitrogens with one attached hydrogen (secondary N) is 1. The van der Waals surface area contributed by atoms with E-state index in [0.29, 0.717) is 29.7 Å². The van der Waals surface area contributed by atoms with Crippen LogP contribution in [0.1, 0.15) is 68.3 Å². The molecule has 1 aromatic heterocycles. The van der Waals surface area contributed by atoms with Gasteiger partial charge in [-0.15, -0.1) is 0 Å². The van der Waals surface area contributed by atoms with E-state index < -0.39 is 0 Å². The van der Waals surface area contributed by atoms with Gasteiger partial charge < -0.3 is 19.7 Å². The first-order valence-corrected chi connectivity index (χ1v) is 12.3. The minimum absolute atomic E-state index is 0.0432. The Kier molecular flexibility index (Phi) is 8.54. The number of aromatic nitrogens is 2. The van der Waals surface area contributed by atoms with Gasteiger partial charge in [-0.1, -0.05) is 45.0 Å². The van der Waals surface area contributed by atoms with Gasteiger partial charge in [0.2, 0.25) is 0 Å². The Hall–Kier alpha value is -3.63. The van der Waals surface area contributed by atoms with E-state index >= 15 is 0 Å². The third-order valence-electron chi connectivity index (χ3n) is 5.82. The van der Waals surface area contributed by atoms with Crippen LogP contribution in [-0.2, 0) is 18.9 Å². The molecule has 0 saturated carbocycles. The molecule has 0 fully saturated rings. The first-order chi connectivity index (χ1) is 17.0. The maximum Gasteiger partial charge on any atom is 0.251 e. The molecule has 0 radical (unpaired) electrons. The zero-order chi connectivity index (χ0) is 26.5. The van der Waals surface area contributed by atoms with Gasteiger partial charge in [-0.25, -0.2) is 4.98 Å². The van der Waals surface area contributed by atoms with Crippen LogP contribution in [-0.4, -0.2) is 39.3 Å². The highest BCUT2D eigenvalue weighted by Gasteiger charge is 2.21. The van der Waals surface area contributed by atoms with E-state index in [2.05, 4.69) is 36.7 Å². The van der Waals surface area contributed by atoms with Crippen LogP contribution >= 0.6 is 0 Å². The zero-order valence-corrected chi connectivity index (χ0v) is 22.0. The number of benzene rings is 2. The van der Waals surface area contributed by atoms with E-state index in [-0.39, 0.29) is 30.1 Å². The van der Waals surface area contributed by atoms with Gasteiger partial charge in [-0.2, -0.15) is 5.26 Å². The van der Waals surface area contributed by atoms with E-state index in [1.165, 1.54) is 6.07 Å². The molecule has 1 atom stereocenters. The first kappa shape index (κ1) is 27.0. The van der Waals surface area contributed by atoms with Crippen molar-refractivity contribution in [2.75, 3.05) is 6.61 Å². The van der Waals surface area contributed by atoms with Crippen molar-refractivity contribution in [3.63, 3.8) is 0 Å². The van der Waals surface area contributed by atoms with Gasteiger partial charge in [0.25, 0.3) is 5.91 Å². The topological polar surface area (TPSA) is 100 Å². The first-order valence-electron chi connectivity index (χ1n) is 12.3. The lowest BCUT2D eigenvalue weighted by molar-refractivity contribution is 0.0930. The number of carbonyl (C=O) groups is 1. The molecule has 3 aromatic rings. The number of hydrogen-bond donors (Lipinski definition) is 2. The quantitative estimate of drug-likeness (QED) is 0.452. The Labute approximate surface area is 213 Å². The van der Waals surface area contributed by atoms with Crippen LogP contribution in [0.15, 0.2) is 48.7 Å². The van der Waals surface area contributed by atoms with Crippen molar-refractivity contribution in [1.29, 1.82) is 5.26 Å². The molecular weight excluding hydrogens is 452 g/mol. The number of ether oxygens (including phenoxy) is 1. The summed E-state index contributed by atoms with van der Waals surface area (Å²) in [6.07, 6.45) is 2.96. The lowest BCUT2D eigenvalue weighted by atomic mass is 9.96. The largest absolute Gasteiger partial charge is 0.490 e. The molecule has 0 spiro atoms. The van der Waals surface area contributed by atoms with E-state index in [1.54, 1.807) is 12.1 Å². The minimum Gasteiger partial charge on any atom is -0.490 e. The summed E-state index contributed by atoms with van der Waals surface area (Å²) in [5, 5.41) is 22.0. The number of nitrogens with zero attached hydrogens (tertiary/aromatic N) is 3. The standard InChI is InChI=1S/C29H36N4O3/c1-19(2)36-26-12-11-22(16-23(26)17-30)27(35)31-24(13-14-34)15-20-7-9-21(10-8-20)25-18-33(6)28(32-25)29(3,4)5/h7-12,16,18-19,24,34H,13-15H2,1-6H3,(H,31,35)/t24-/m1/s1. The van der Waals surface area contributed by atoms with Gasteiger partial charge >= 0.3 is 0 Å². The summed E-state index contributed by atoms with van der Waals surface area (Å²) >= 11 is 0. The maximum absolute atomic E-state index is 12.9. The molecule has 0 saturated heterocycles. The SMILES string of the molecule is CC(C)Oc1ccc(C(=O)N[C@H](CCO)Cc2ccc(-c3cn(C)c(C(C)(C)C)n3)cc2)cc1C#N. The summed E-state index contributed by atoms with van der Waals surface area (Å²) < 4.78 is 7.71. The molecule has 0 bridgehead atoms. The summed E-state index contributed by atoms with van der Waals surface area (Å²) in [4.78, 5) is 17.7. The van der Waals surface area contributed by atoms with Crippen LogP contribution in [0, 0.1) is 11.3 Å². The van der Waals surface area contributed by atoms with Crippen LogP contribution in [0.2, 0.25) is 0 Å². The average Bonchev–Trinajstić information content (AvgIpc) is 3.21. The lowest BCUT2D eigenvalue weighted by Crippen LogP contribution is -2.37. The molecule has 0 unspecified atom stereocenters. The summed E-state index contributed by atoms with van der Waals surface area (Å²) in [7, 11) is 2.01. The number of hydrogen-bond acceptors (Lipinski definition) is 5. The van der Waals surface area contributed by atoms with Crippen LogP contribution in [0.25, 0.3) is 11.3 Å². The molecule has 7 nitrogen and oxygen atoms in total. The number of aliphatic hydroxyl groups excluding tert-OH is 1. The van der Waals surface area contributed by atoms with Crippen molar-refractivity contribution >= 4 is 5.91 Å². The number of rotatable bonds is 9. The number of imidazole rings is 1. The van der Waals surface area contributed by atoms with E-state index in [0.717, 1.165) is 22.6 Å². The van der Waals surface area contributed by atoms with Crippen molar-refractivity contribution in [3.05, 3.63) is 71.2 Å². The second-order valence-electron chi connectivity index (χ2n) is 10.4. The Morgan fingerprint density at radius 2 is 1.89 bits per heavy atom. The molecular formula is C29H36N4O3. The highest BCUT2D eigenvalue weighted by Crippen LogP contribution is 2.26. The monoisotopic (exact) mass is 488 g/mol. The van der Waals surface area contributed by atoms with E-state index in [1.807, 2.05) is 51.4 Å². The molecule has 2 N–H and O–H groups in total. The smallest absolute Gasteiger partial charge is 0.251 e. The van der Waals surface area contributed by atoms with E-state index in [4.69, 9.17) is 9.72 Å². The summed E-state index contributed by atoms with van der Waals surface area (Å²) in [6.45, 7) is 10.2. The van der Waals surface area contributed by atoms with Gasteiger partial charge in [0, 0.05) is 42.4 Å². The summed E-state index contributed by atoms with van der Waals surface area (Å²) in [5.41, 5.74) is 3.65. The molecule has 0 aliphatic rings. The van der Waals surface area contributed by atoms with Crippen LogP contribution < -0.4 is 10.1 Å². The molecule has 1 heterocycles. The highest BCUT2D eigenvalue weighted by atomic mass is 16.5. The Bertz CT molecular complexity index is 1230. The Morgan fingerprint density at radius 1 is 1.19 bits per heavy atom. The van der Waals surface area contributed by atoms with Crippen molar-refractivity contribution in [2.24, 2.45) is 7.05 Å². The number of carbonyl (C=O) groups excluding carboxylic acids is 1. The predicted molar refractivity (Wildman–Crippen MR) is 141 cm³/mol. The molecule has 7 heteroatoms. The van der Waals surface area contributed by atoms with Gasteiger partial charge in [0.1, 0.15) is 17.6 Å². The Morgan fingerprint density at radius 3 is 2.44 bits per heavy atom. The number of nitriles is 1. The van der Waals surface area contributed by atoms with Crippen LogP contribution in [0.5, 0.6) is 5.75 Å². The summed E-state index contributed by atoms with van der Waals surface area (Å²) in [6, 6.07) is 14.8.